The molecule has 5 N–H and O–H groups in total. The van der Waals surface area contributed by atoms with Crippen LogP contribution in [-0.4, -0.2) is 45.7 Å². The van der Waals surface area contributed by atoms with Crippen molar-refractivity contribution in [1.29, 1.82) is 0 Å². The summed E-state index contributed by atoms with van der Waals surface area (Å²) < 4.78 is 6.88. The zero-order valence-corrected chi connectivity index (χ0v) is 20.9. The van der Waals surface area contributed by atoms with Crippen molar-refractivity contribution in [3.63, 3.8) is 0 Å². The molecule has 3 heterocycles. The van der Waals surface area contributed by atoms with Crippen LogP contribution in [-0.2, 0) is 4.74 Å². The maximum atomic E-state index is 13.2. The zero-order chi connectivity index (χ0) is 25.8. The number of hydrogen-bond donors (Lipinski definition) is 3. The first-order valence-electron chi connectivity index (χ1n) is 12.6. The van der Waals surface area contributed by atoms with Crippen LogP contribution in [0.25, 0.3) is 0 Å². The molecule has 1 aliphatic carbocycles. The van der Waals surface area contributed by atoms with Gasteiger partial charge < -0.3 is 31.0 Å². The van der Waals surface area contributed by atoms with Crippen molar-refractivity contribution in [2.75, 3.05) is 23.3 Å². The number of nitrogens with two attached hydrogens (primary N) is 2. The topological polar surface area (TPSA) is 158 Å². The van der Waals surface area contributed by atoms with Crippen molar-refractivity contribution >= 4 is 29.5 Å². The molecular formula is C25H35N7O4. The first kappa shape index (κ1) is 25.5. The molecule has 2 aromatic rings. The second-order valence-corrected chi connectivity index (χ2v) is 9.89. The van der Waals surface area contributed by atoms with Gasteiger partial charge in [0.15, 0.2) is 0 Å². The summed E-state index contributed by atoms with van der Waals surface area (Å²) >= 11 is 0. The monoisotopic (exact) mass is 497 g/mol. The minimum absolute atomic E-state index is 0.0229. The second kappa shape index (κ2) is 11.0. The van der Waals surface area contributed by atoms with Crippen molar-refractivity contribution in [2.45, 2.75) is 76.9 Å². The van der Waals surface area contributed by atoms with Gasteiger partial charge in [-0.05, 0) is 51.5 Å². The largest absolute Gasteiger partial charge is 0.445 e. The van der Waals surface area contributed by atoms with Gasteiger partial charge in [0.05, 0.1) is 12.2 Å². The van der Waals surface area contributed by atoms with Crippen LogP contribution >= 0.6 is 0 Å². The van der Waals surface area contributed by atoms with E-state index in [1.54, 1.807) is 10.8 Å². The number of primary amides is 2. The molecule has 1 atom stereocenters. The normalized spacial score (nSPS) is 18.8. The highest BCUT2D eigenvalue weighted by molar-refractivity contribution is 5.98. The Morgan fingerprint density at radius 2 is 1.89 bits per heavy atom. The van der Waals surface area contributed by atoms with E-state index in [0.717, 1.165) is 37.7 Å². The van der Waals surface area contributed by atoms with Crippen LogP contribution < -0.4 is 27.2 Å². The number of rotatable bonds is 7. The highest BCUT2D eigenvalue weighted by Gasteiger charge is 2.26. The van der Waals surface area contributed by atoms with Crippen molar-refractivity contribution < 1.29 is 14.3 Å². The van der Waals surface area contributed by atoms with Gasteiger partial charge in [0.2, 0.25) is 5.95 Å². The summed E-state index contributed by atoms with van der Waals surface area (Å²) in [5.41, 5.74) is 12.4. The third-order valence-corrected chi connectivity index (χ3v) is 6.92. The molecule has 2 fully saturated rings. The number of amides is 2. The maximum absolute atomic E-state index is 13.2. The molecule has 0 bridgehead atoms. The molecule has 11 heteroatoms. The number of ether oxygens (including phenoxy) is 1. The van der Waals surface area contributed by atoms with Gasteiger partial charge in [-0.15, -0.1) is 0 Å². The quantitative estimate of drug-likeness (QED) is 0.526. The average Bonchev–Trinajstić information content (AvgIpc) is 2.85. The van der Waals surface area contributed by atoms with Gasteiger partial charge >= 0.3 is 6.09 Å². The SMILES string of the molecule is CC(C)n1cc(Nc2nc(N3CCCC(OC(N)=O)C3)ncc2C(N)=O)cc(C2CCCCC2)c1=O. The molecule has 0 aromatic carbocycles. The van der Waals surface area contributed by atoms with E-state index in [0.29, 0.717) is 31.1 Å². The van der Waals surface area contributed by atoms with E-state index in [-0.39, 0.29) is 35.0 Å². The molecule has 0 spiro atoms. The van der Waals surface area contributed by atoms with Crippen molar-refractivity contribution in [2.24, 2.45) is 11.5 Å². The third kappa shape index (κ3) is 5.77. The van der Waals surface area contributed by atoms with E-state index in [2.05, 4.69) is 15.3 Å². The lowest BCUT2D eigenvalue weighted by molar-refractivity contribution is 0.0959. The lowest BCUT2D eigenvalue weighted by Gasteiger charge is -2.32. The molecule has 1 unspecified atom stereocenters. The molecule has 2 aromatic heterocycles. The molecule has 4 rings (SSSR count). The molecule has 2 amide bonds. The van der Waals surface area contributed by atoms with Gasteiger partial charge in [0.1, 0.15) is 17.5 Å². The average molecular weight is 498 g/mol. The summed E-state index contributed by atoms with van der Waals surface area (Å²) in [5, 5.41) is 3.24. The molecule has 11 nitrogen and oxygen atoms in total. The van der Waals surface area contributed by atoms with Crippen molar-refractivity contribution in [1.82, 2.24) is 14.5 Å². The summed E-state index contributed by atoms with van der Waals surface area (Å²) in [4.78, 5) is 47.4. The number of nitrogens with one attached hydrogen (secondary N) is 1. The first-order valence-corrected chi connectivity index (χ1v) is 12.6. The summed E-state index contributed by atoms with van der Waals surface area (Å²) in [6, 6.07) is 1.84. The third-order valence-electron chi connectivity index (χ3n) is 6.92. The Morgan fingerprint density at radius 3 is 2.56 bits per heavy atom. The van der Waals surface area contributed by atoms with Crippen LogP contribution in [0.4, 0.5) is 22.2 Å². The van der Waals surface area contributed by atoms with Gasteiger partial charge in [-0.25, -0.2) is 9.78 Å². The predicted molar refractivity (Wildman–Crippen MR) is 137 cm³/mol. The number of aromatic nitrogens is 3. The van der Waals surface area contributed by atoms with Gasteiger partial charge in [0.25, 0.3) is 11.5 Å². The standard InChI is InChI=1S/C25H35N7O4/c1-15(2)32-13-17(11-19(23(32)34)16-7-4-3-5-8-16)29-22-20(21(26)33)12-28-25(30-22)31-10-6-9-18(14-31)36-24(27)35/h11-13,15-16,18H,3-10,14H2,1-2H3,(H2,26,33)(H2,27,35)(H,28,29,30). The highest BCUT2D eigenvalue weighted by atomic mass is 16.6. The molecule has 2 aliphatic rings. The van der Waals surface area contributed by atoms with Gasteiger partial charge in [-0.3, -0.25) is 9.59 Å². The van der Waals surface area contributed by atoms with Gasteiger partial charge in [0, 0.05) is 30.5 Å². The Labute approximate surface area is 210 Å². The molecule has 1 saturated carbocycles. The van der Waals surface area contributed by atoms with E-state index in [4.69, 9.17) is 16.2 Å². The number of piperidine rings is 1. The van der Waals surface area contributed by atoms with Gasteiger partial charge in [-0.2, -0.15) is 4.98 Å². The number of hydrogen-bond acceptors (Lipinski definition) is 8. The fourth-order valence-electron chi connectivity index (χ4n) is 5.10. The summed E-state index contributed by atoms with van der Waals surface area (Å²) in [6.45, 7) is 4.99. The number of anilines is 3. The molecule has 0 radical (unpaired) electrons. The molecular weight excluding hydrogens is 462 g/mol. The second-order valence-electron chi connectivity index (χ2n) is 9.89. The van der Waals surface area contributed by atoms with Crippen LogP contribution in [0, 0.1) is 0 Å². The molecule has 194 valence electrons. The smallest absolute Gasteiger partial charge is 0.404 e. The van der Waals surface area contributed by atoms with Crippen LogP contribution in [0.2, 0.25) is 0 Å². The number of carbonyl (C=O) groups excluding carboxylic acids is 2. The lowest BCUT2D eigenvalue weighted by Crippen LogP contribution is -2.42. The Morgan fingerprint density at radius 1 is 1.14 bits per heavy atom. The fraction of sp³-hybridized carbons (Fsp3) is 0.560. The summed E-state index contributed by atoms with van der Waals surface area (Å²) in [6.07, 6.45) is 8.84. The van der Waals surface area contributed by atoms with Crippen LogP contribution in [0.15, 0.2) is 23.3 Å². The zero-order valence-electron chi connectivity index (χ0n) is 20.9. The first-order chi connectivity index (χ1) is 17.2. The van der Waals surface area contributed by atoms with Crippen LogP contribution in [0.1, 0.15) is 86.7 Å². The van der Waals surface area contributed by atoms with Crippen LogP contribution in [0.5, 0.6) is 0 Å². The number of pyridine rings is 1. The maximum Gasteiger partial charge on any atom is 0.404 e. The Bertz CT molecular complexity index is 1170. The van der Waals surface area contributed by atoms with Gasteiger partial charge in [-0.1, -0.05) is 19.3 Å². The minimum Gasteiger partial charge on any atom is -0.445 e. The highest BCUT2D eigenvalue weighted by Crippen LogP contribution is 2.33. The van der Waals surface area contributed by atoms with Crippen molar-refractivity contribution in [3.05, 3.63) is 39.9 Å². The predicted octanol–water partition coefficient (Wildman–Crippen LogP) is 3.17. The number of carbonyl (C=O) groups is 2. The van der Waals surface area contributed by atoms with Crippen LogP contribution in [0.3, 0.4) is 0 Å². The van der Waals surface area contributed by atoms with Crippen molar-refractivity contribution in [3.8, 4) is 0 Å². The molecule has 1 aliphatic heterocycles. The Kier molecular flexibility index (Phi) is 7.76. The molecule has 1 saturated heterocycles. The number of nitrogens with zero attached hydrogens (tertiary/aromatic N) is 4. The summed E-state index contributed by atoms with van der Waals surface area (Å²) in [7, 11) is 0. The fourth-order valence-corrected chi connectivity index (χ4v) is 5.10. The van der Waals surface area contributed by atoms with E-state index >= 15 is 0 Å². The van der Waals surface area contributed by atoms with E-state index in [1.165, 1.54) is 12.6 Å². The van der Waals surface area contributed by atoms with E-state index < -0.39 is 12.0 Å². The summed E-state index contributed by atoms with van der Waals surface area (Å²) in [5.74, 6) is 0.186. The lowest BCUT2D eigenvalue weighted by atomic mass is 9.84. The minimum atomic E-state index is -0.816. The van der Waals surface area contributed by atoms with E-state index in [9.17, 15) is 14.4 Å². The Hall–Kier alpha value is -3.63. The Balaban J connectivity index is 1.68. The van der Waals surface area contributed by atoms with E-state index in [1.807, 2.05) is 24.8 Å². The molecule has 36 heavy (non-hydrogen) atoms.